The quantitative estimate of drug-likeness (QED) is 0.339. The molecule has 1 fully saturated rings. The van der Waals surface area contributed by atoms with Crippen LogP contribution in [0.15, 0.2) is 35.3 Å². The van der Waals surface area contributed by atoms with Crippen LogP contribution in [0.3, 0.4) is 0 Å². The molecule has 3 rings (SSSR count). The largest absolute Gasteiger partial charge is 0.376 e. The van der Waals surface area contributed by atoms with Gasteiger partial charge in [0.05, 0.1) is 25.5 Å². The average Bonchev–Trinajstić information content (AvgIpc) is 3.26. The summed E-state index contributed by atoms with van der Waals surface area (Å²) < 4.78 is 5.94. The first kappa shape index (κ1) is 23.1. The number of aryl methyl sites for hydroxylation is 2. The van der Waals surface area contributed by atoms with E-state index >= 15 is 0 Å². The van der Waals surface area contributed by atoms with Gasteiger partial charge in [-0.3, -0.25) is 0 Å². The molecular weight excluding hydrogens is 483 g/mol. The molecule has 2 aromatic rings. The third kappa shape index (κ3) is 6.70. The van der Waals surface area contributed by atoms with Gasteiger partial charge in [0.15, 0.2) is 5.96 Å². The zero-order valence-corrected chi connectivity index (χ0v) is 20.1. The molecule has 1 atom stereocenters. The van der Waals surface area contributed by atoms with Crippen molar-refractivity contribution in [2.45, 2.75) is 40.3 Å². The summed E-state index contributed by atoms with van der Waals surface area (Å²) in [5, 5.41) is 4.52. The number of benzene rings is 1. The van der Waals surface area contributed by atoms with Gasteiger partial charge in [-0.1, -0.05) is 30.3 Å². The maximum atomic E-state index is 5.94. The Morgan fingerprint density at radius 3 is 2.79 bits per heavy atom. The molecule has 28 heavy (non-hydrogen) atoms. The van der Waals surface area contributed by atoms with Gasteiger partial charge in [-0.15, -0.1) is 35.3 Å². The SMILES string of the molecule is CCNC(=NCc1nc(C)c(C)s1)N1CCC(COCc2ccccc2)C1.I. The summed E-state index contributed by atoms with van der Waals surface area (Å²) in [7, 11) is 0. The van der Waals surface area contributed by atoms with Crippen molar-refractivity contribution in [3.8, 4) is 0 Å². The maximum absolute atomic E-state index is 5.94. The molecule has 5 nitrogen and oxygen atoms in total. The minimum atomic E-state index is 0. The van der Waals surface area contributed by atoms with Gasteiger partial charge >= 0.3 is 0 Å². The Morgan fingerprint density at radius 1 is 1.32 bits per heavy atom. The number of thiazole rings is 1. The minimum Gasteiger partial charge on any atom is -0.376 e. The van der Waals surface area contributed by atoms with Crippen LogP contribution < -0.4 is 5.32 Å². The number of hydrogen-bond donors (Lipinski definition) is 1. The maximum Gasteiger partial charge on any atom is 0.194 e. The predicted molar refractivity (Wildman–Crippen MR) is 128 cm³/mol. The first-order chi connectivity index (χ1) is 13.2. The van der Waals surface area contributed by atoms with Crippen LogP contribution in [0.2, 0.25) is 0 Å². The highest BCUT2D eigenvalue weighted by Gasteiger charge is 2.25. The average molecular weight is 514 g/mol. The van der Waals surface area contributed by atoms with Gasteiger partial charge < -0.3 is 15.0 Å². The Morgan fingerprint density at radius 2 is 2.11 bits per heavy atom. The van der Waals surface area contributed by atoms with Crippen LogP contribution in [-0.4, -0.2) is 42.1 Å². The van der Waals surface area contributed by atoms with Gasteiger partial charge in [0, 0.05) is 30.4 Å². The molecule has 1 aromatic heterocycles. The Balaban J connectivity index is 0.00000280. The van der Waals surface area contributed by atoms with E-state index in [0.717, 1.165) is 49.3 Å². The number of ether oxygens (including phenoxy) is 1. The molecule has 2 heterocycles. The zero-order valence-electron chi connectivity index (χ0n) is 17.0. The summed E-state index contributed by atoms with van der Waals surface area (Å²) in [6, 6.07) is 10.4. The molecule has 154 valence electrons. The van der Waals surface area contributed by atoms with Gasteiger partial charge in [-0.25, -0.2) is 9.98 Å². The monoisotopic (exact) mass is 514 g/mol. The highest BCUT2D eigenvalue weighted by atomic mass is 127. The molecule has 1 aliphatic rings. The summed E-state index contributed by atoms with van der Waals surface area (Å²) in [5.41, 5.74) is 2.35. The fraction of sp³-hybridized carbons (Fsp3) is 0.524. The summed E-state index contributed by atoms with van der Waals surface area (Å²) in [6.07, 6.45) is 1.15. The molecule has 7 heteroatoms. The van der Waals surface area contributed by atoms with E-state index in [2.05, 4.69) is 60.2 Å². The van der Waals surface area contributed by atoms with Crippen LogP contribution in [0.5, 0.6) is 0 Å². The Kier molecular flexibility index (Phi) is 9.67. The number of aromatic nitrogens is 1. The first-order valence-corrected chi connectivity index (χ1v) is 10.5. The highest BCUT2D eigenvalue weighted by Crippen LogP contribution is 2.19. The molecule has 0 radical (unpaired) electrons. The lowest BCUT2D eigenvalue weighted by Gasteiger charge is -2.21. The number of rotatable bonds is 7. The second-order valence-corrected chi connectivity index (χ2v) is 8.31. The van der Waals surface area contributed by atoms with Crippen molar-refractivity contribution in [2.75, 3.05) is 26.2 Å². The lowest BCUT2D eigenvalue weighted by molar-refractivity contribution is 0.0906. The normalized spacial score (nSPS) is 16.9. The second kappa shape index (κ2) is 11.7. The van der Waals surface area contributed by atoms with Crippen LogP contribution in [0.4, 0.5) is 0 Å². The molecule has 0 bridgehead atoms. The van der Waals surface area contributed by atoms with E-state index in [1.165, 1.54) is 10.4 Å². The number of guanidine groups is 1. The number of nitrogens with one attached hydrogen (secondary N) is 1. The van der Waals surface area contributed by atoms with Crippen LogP contribution in [0, 0.1) is 19.8 Å². The van der Waals surface area contributed by atoms with Crippen LogP contribution >= 0.6 is 35.3 Å². The minimum absolute atomic E-state index is 0. The summed E-state index contributed by atoms with van der Waals surface area (Å²) in [5.74, 6) is 1.55. The second-order valence-electron chi connectivity index (χ2n) is 7.02. The van der Waals surface area contributed by atoms with Crippen molar-refractivity contribution in [3.05, 3.63) is 51.5 Å². The molecular formula is C21H31IN4OS. The van der Waals surface area contributed by atoms with Gasteiger partial charge in [0.2, 0.25) is 0 Å². The van der Waals surface area contributed by atoms with Gasteiger partial charge in [-0.2, -0.15) is 0 Å². The van der Waals surface area contributed by atoms with Crippen molar-refractivity contribution in [1.82, 2.24) is 15.2 Å². The lowest BCUT2D eigenvalue weighted by atomic mass is 10.1. The van der Waals surface area contributed by atoms with Crippen molar-refractivity contribution in [2.24, 2.45) is 10.9 Å². The van der Waals surface area contributed by atoms with Crippen molar-refractivity contribution >= 4 is 41.3 Å². The van der Waals surface area contributed by atoms with Gasteiger partial charge in [-0.05, 0) is 32.8 Å². The van der Waals surface area contributed by atoms with E-state index in [-0.39, 0.29) is 24.0 Å². The van der Waals surface area contributed by atoms with Crippen molar-refractivity contribution in [1.29, 1.82) is 0 Å². The highest BCUT2D eigenvalue weighted by molar-refractivity contribution is 14.0. The van der Waals surface area contributed by atoms with E-state index in [1.54, 1.807) is 11.3 Å². The Hall–Kier alpha value is -1.19. The molecule has 1 unspecified atom stereocenters. The Labute approximate surface area is 189 Å². The summed E-state index contributed by atoms with van der Waals surface area (Å²) in [4.78, 5) is 13.1. The standard InChI is InChI=1S/C21H30N4OS.HI/c1-4-22-21(23-12-20-24-16(2)17(3)27-20)25-11-10-19(13-25)15-26-14-18-8-6-5-7-9-18;/h5-9,19H,4,10-15H2,1-3H3,(H,22,23);1H. The van der Waals surface area contributed by atoms with E-state index < -0.39 is 0 Å². The van der Waals surface area contributed by atoms with E-state index in [9.17, 15) is 0 Å². The smallest absolute Gasteiger partial charge is 0.194 e. The van der Waals surface area contributed by atoms with E-state index in [0.29, 0.717) is 19.1 Å². The predicted octanol–water partition coefficient (Wildman–Crippen LogP) is 4.38. The third-order valence-corrected chi connectivity index (χ3v) is 5.88. The molecule has 0 spiro atoms. The molecule has 0 aliphatic carbocycles. The van der Waals surface area contributed by atoms with E-state index in [1.807, 2.05) is 6.07 Å². The topological polar surface area (TPSA) is 49.8 Å². The number of hydrogen-bond acceptors (Lipinski definition) is 4. The molecule has 1 N–H and O–H groups in total. The lowest BCUT2D eigenvalue weighted by Crippen LogP contribution is -2.40. The zero-order chi connectivity index (χ0) is 19.1. The van der Waals surface area contributed by atoms with Gasteiger partial charge in [0.25, 0.3) is 0 Å². The van der Waals surface area contributed by atoms with E-state index in [4.69, 9.17) is 9.73 Å². The molecule has 1 saturated heterocycles. The van der Waals surface area contributed by atoms with Crippen molar-refractivity contribution < 1.29 is 4.74 Å². The van der Waals surface area contributed by atoms with Gasteiger partial charge in [0.1, 0.15) is 5.01 Å². The van der Waals surface area contributed by atoms with Crippen molar-refractivity contribution in [3.63, 3.8) is 0 Å². The number of likely N-dealkylation sites (tertiary alicyclic amines) is 1. The Bertz CT molecular complexity index is 731. The molecule has 0 amide bonds. The fourth-order valence-electron chi connectivity index (χ4n) is 3.25. The number of aliphatic imine (C=N–C) groups is 1. The summed E-state index contributed by atoms with van der Waals surface area (Å²) >= 11 is 1.74. The van der Waals surface area contributed by atoms with Crippen LogP contribution in [0.1, 0.15) is 34.5 Å². The third-order valence-electron chi connectivity index (χ3n) is 4.82. The number of nitrogens with zero attached hydrogens (tertiary/aromatic N) is 3. The molecule has 0 saturated carbocycles. The van der Waals surface area contributed by atoms with Crippen LogP contribution in [-0.2, 0) is 17.9 Å². The number of halogens is 1. The summed E-state index contributed by atoms with van der Waals surface area (Å²) in [6.45, 7) is 11.3. The fourth-order valence-corrected chi connectivity index (χ4v) is 4.11. The first-order valence-electron chi connectivity index (χ1n) is 9.73. The molecule has 1 aliphatic heterocycles. The van der Waals surface area contributed by atoms with Crippen LogP contribution in [0.25, 0.3) is 0 Å². The molecule has 1 aromatic carbocycles.